The number of hydrogen-bond donors (Lipinski definition) is 2. The van der Waals surface area contributed by atoms with Gasteiger partial charge in [0.25, 0.3) is 5.56 Å². The zero-order valence-electron chi connectivity index (χ0n) is 15.7. The largest absolute Gasteiger partial charge is 0.355 e. The minimum atomic E-state index is -0.255. The Bertz CT molecular complexity index is 997. The summed E-state index contributed by atoms with van der Waals surface area (Å²) < 4.78 is 2.83. The molecule has 2 N–H and O–H groups in total. The molecule has 0 amide bonds. The maximum absolute atomic E-state index is 12.4. The van der Waals surface area contributed by atoms with Crippen molar-refractivity contribution in [2.45, 2.75) is 45.6 Å². The fraction of sp³-hybridized carbons (Fsp3) is 0.421. The minimum absolute atomic E-state index is 0.137. The van der Waals surface area contributed by atoms with Crippen LogP contribution in [0.15, 0.2) is 39.7 Å². The fourth-order valence-corrected chi connectivity index (χ4v) is 3.21. The molecule has 0 saturated carbocycles. The lowest BCUT2D eigenvalue weighted by molar-refractivity contribution is 0.366. The van der Waals surface area contributed by atoms with Crippen LogP contribution in [0.4, 0.5) is 5.95 Å². The van der Waals surface area contributed by atoms with Gasteiger partial charge in [-0.15, -0.1) is 0 Å². The van der Waals surface area contributed by atoms with E-state index in [2.05, 4.69) is 62.3 Å². The van der Waals surface area contributed by atoms with Crippen molar-refractivity contribution in [3.05, 3.63) is 50.9 Å². The van der Waals surface area contributed by atoms with Gasteiger partial charge in [0.2, 0.25) is 5.95 Å². The highest BCUT2D eigenvalue weighted by atomic mass is 79.9. The second kappa shape index (κ2) is 6.54. The Labute approximate surface area is 161 Å². The first-order valence-corrected chi connectivity index (χ1v) is 9.36. The summed E-state index contributed by atoms with van der Waals surface area (Å²) in [6, 6.07) is 8.24. The molecule has 0 radical (unpaired) electrons. The average molecular weight is 418 g/mol. The van der Waals surface area contributed by atoms with E-state index in [1.54, 1.807) is 10.9 Å². The van der Waals surface area contributed by atoms with Crippen molar-refractivity contribution in [3.8, 4) is 0 Å². The van der Waals surface area contributed by atoms with E-state index in [1.165, 1.54) is 5.56 Å². The van der Waals surface area contributed by atoms with E-state index in [1.807, 2.05) is 32.9 Å². The molecule has 26 heavy (non-hydrogen) atoms. The van der Waals surface area contributed by atoms with Gasteiger partial charge in [0.1, 0.15) is 5.39 Å². The SMILES string of the molecule is CC(C)(CNc1nc2c(cnn2C(C)(C)C)c(=O)[nH]1)c1cccc(Br)c1. The number of H-pyrrole nitrogens is 1. The van der Waals surface area contributed by atoms with E-state index in [0.29, 0.717) is 23.5 Å². The zero-order valence-corrected chi connectivity index (χ0v) is 17.3. The van der Waals surface area contributed by atoms with E-state index >= 15 is 0 Å². The molecule has 6 nitrogen and oxygen atoms in total. The van der Waals surface area contributed by atoms with Gasteiger partial charge in [0, 0.05) is 16.4 Å². The van der Waals surface area contributed by atoms with Gasteiger partial charge in [-0.05, 0) is 38.5 Å². The number of nitrogens with zero attached hydrogens (tertiary/aromatic N) is 3. The van der Waals surface area contributed by atoms with Crippen LogP contribution in [0, 0.1) is 0 Å². The summed E-state index contributed by atoms with van der Waals surface area (Å²) in [6.07, 6.45) is 1.57. The van der Waals surface area contributed by atoms with Gasteiger partial charge in [-0.25, -0.2) is 4.68 Å². The molecule has 0 aliphatic rings. The van der Waals surface area contributed by atoms with E-state index in [4.69, 9.17) is 0 Å². The van der Waals surface area contributed by atoms with Gasteiger partial charge in [-0.3, -0.25) is 9.78 Å². The van der Waals surface area contributed by atoms with Crippen LogP contribution in [0.25, 0.3) is 11.0 Å². The molecule has 138 valence electrons. The molecule has 0 unspecified atom stereocenters. The summed E-state index contributed by atoms with van der Waals surface area (Å²) in [5.41, 5.74) is 1.21. The lowest BCUT2D eigenvalue weighted by Gasteiger charge is -2.26. The van der Waals surface area contributed by atoms with Crippen molar-refractivity contribution >= 4 is 32.9 Å². The number of fused-ring (bicyclic) bond motifs is 1. The molecule has 3 rings (SSSR count). The molecule has 2 heterocycles. The fourth-order valence-electron chi connectivity index (χ4n) is 2.81. The Morgan fingerprint density at radius 3 is 2.62 bits per heavy atom. The molecule has 3 aromatic rings. The number of anilines is 1. The topological polar surface area (TPSA) is 75.6 Å². The summed E-state index contributed by atoms with van der Waals surface area (Å²) in [5, 5.41) is 8.11. The third-order valence-corrected chi connectivity index (χ3v) is 4.87. The van der Waals surface area contributed by atoms with Crippen molar-refractivity contribution < 1.29 is 0 Å². The van der Waals surface area contributed by atoms with Gasteiger partial charge >= 0.3 is 0 Å². The van der Waals surface area contributed by atoms with Gasteiger partial charge in [-0.1, -0.05) is 41.9 Å². The standard InChI is InChI=1S/C19H24BrN5O/c1-18(2,3)25-15-14(10-22-25)16(26)24-17(23-15)21-11-19(4,5)12-7-6-8-13(20)9-12/h6-10H,11H2,1-5H3,(H2,21,23,24,26). The predicted octanol–water partition coefficient (Wildman–Crippen LogP) is 4.03. The molecular weight excluding hydrogens is 394 g/mol. The number of aromatic nitrogens is 4. The normalized spacial score (nSPS) is 12.5. The van der Waals surface area contributed by atoms with E-state index < -0.39 is 0 Å². The number of aromatic amines is 1. The molecule has 0 atom stereocenters. The molecule has 1 aromatic carbocycles. The zero-order chi connectivity index (χ0) is 19.1. The van der Waals surface area contributed by atoms with E-state index in [9.17, 15) is 4.79 Å². The molecule has 0 saturated heterocycles. The van der Waals surface area contributed by atoms with Crippen molar-refractivity contribution in [1.82, 2.24) is 19.7 Å². The number of rotatable bonds is 4. The Morgan fingerprint density at radius 2 is 1.96 bits per heavy atom. The van der Waals surface area contributed by atoms with Crippen LogP contribution < -0.4 is 10.9 Å². The predicted molar refractivity (Wildman–Crippen MR) is 109 cm³/mol. The number of hydrogen-bond acceptors (Lipinski definition) is 4. The highest BCUT2D eigenvalue weighted by Gasteiger charge is 2.23. The number of halogens is 1. The molecule has 0 bridgehead atoms. The highest BCUT2D eigenvalue weighted by molar-refractivity contribution is 9.10. The van der Waals surface area contributed by atoms with Crippen molar-refractivity contribution in [2.24, 2.45) is 0 Å². The van der Waals surface area contributed by atoms with Crippen LogP contribution in [0.5, 0.6) is 0 Å². The Morgan fingerprint density at radius 1 is 1.23 bits per heavy atom. The maximum atomic E-state index is 12.4. The average Bonchev–Trinajstić information content (AvgIpc) is 2.98. The first-order chi connectivity index (χ1) is 12.1. The summed E-state index contributed by atoms with van der Waals surface area (Å²) in [5.74, 6) is 0.455. The van der Waals surface area contributed by atoms with Crippen LogP contribution >= 0.6 is 15.9 Å². The Balaban J connectivity index is 1.90. The molecular formula is C19H24BrN5O. The van der Waals surface area contributed by atoms with Crippen LogP contribution in [-0.4, -0.2) is 26.3 Å². The van der Waals surface area contributed by atoms with Crippen molar-refractivity contribution in [3.63, 3.8) is 0 Å². The Hall–Kier alpha value is -2.15. The summed E-state index contributed by atoms with van der Waals surface area (Å²) in [7, 11) is 0. The molecule has 0 fully saturated rings. The molecule has 7 heteroatoms. The van der Waals surface area contributed by atoms with Gasteiger partial charge in [0.15, 0.2) is 5.65 Å². The third-order valence-electron chi connectivity index (χ3n) is 4.38. The lowest BCUT2D eigenvalue weighted by Crippen LogP contribution is -2.29. The lowest BCUT2D eigenvalue weighted by atomic mass is 9.85. The number of benzene rings is 1. The smallest absolute Gasteiger partial charge is 0.263 e. The van der Waals surface area contributed by atoms with Crippen molar-refractivity contribution in [2.75, 3.05) is 11.9 Å². The summed E-state index contributed by atoms with van der Waals surface area (Å²) in [4.78, 5) is 19.8. The number of nitrogens with one attached hydrogen (secondary N) is 2. The summed E-state index contributed by atoms with van der Waals surface area (Å²) >= 11 is 3.52. The Kier molecular flexibility index (Phi) is 4.69. The minimum Gasteiger partial charge on any atom is -0.355 e. The van der Waals surface area contributed by atoms with Crippen LogP contribution in [0.1, 0.15) is 40.2 Å². The highest BCUT2D eigenvalue weighted by Crippen LogP contribution is 2.26. The van der Waals surface area contributed by atoms with Crippen LogP contribution in [0.3, 0.4) is 0 Å². The molecule has 0 aliphatic carbocycles. The first-order valence-electron chi connectivity index (χ1n) is 8.56. The first kappa shape index (κ1) is 18.6. The van der Waals surface area contributed by atoms with Crippen LogP contribution in [0.2, 0.25) is 0 Å². The van der Waals surface area contributed by atoms with Crippen molar-refractivity contribution in [1.29, 1.82) is 0 Å². The second-order valence-electron chi connectivity index (χ2n) is 8.13. The summed E-state index contributed by atoms with van der Waals surface area (Å²) in [6.45, 7) is 11.0. The van der Waals surface area contributed by atoms with Gasteiger partial charge in [-0.2, -0.15) is 10.1 Å². The molecule has 0 aliphatic heterocycles. The van der Waals surface area contributed by atoms with Crippen LogP contribution in [-0.2, 0) is 11.0 Å². The maximum Gasteiger partial charge on any atom is 0.263 e. The quantitative estimate of drug-likeness (QED) is 0.671. The third kappa shape index (κ3) is 3.67. The van der Waals surface area contributed by atoms with Gasteiger partial charge < -0.3 is 5.32 Å². The van der Waals surface area contributed by atoms with E-state index in [0.717, 1.165) is 4.47 Å². The van der Waals surface area contributed by atoms with E-state index in [-0.39, 0.29) is 16.5 Å². The molecule has 2 aromatic heterocycles. The molecule has 0 spiro atoms. The van der Waals surface area contributed by atoms with Gasteiger partial charge in [0.05, 0.1) is 11.7 Å². The second-order valence-corrected chi connectivity index (χ2v) is 9.04. The monoisotopic (exact) mass is 417 g/mol.